The van der Waals surface area contributed by atoms with E-state index in [1.165, 1.54) is 0 Å². The first-order chi connectivity index (χ1) is 5.83. The lowest BCUT2D eigenvalue weighted by Gasteiger charge is -2.35. The van der Waals surface area contributed by atoms with Crippen LogP contribution in [0.3, 0.4) is 0 Å². The Morgan fingerprint density at radius 1 is 1.42 bits per heavy atom. The lowest BCUT2D eigenvalue weighted by molar-refractivity contribution is -0.0507. The summed E-state index contributed by atoms with van der Waals surface area (Å²) in [6.45, 7) is 2.23. The number of ether oxygens (including phenoxy) is 1. The maximum Gasteiger partial charge on any atom is 0.0738 e. The van der Waals surface area contributed by atoms with Gasteiger partial charge in [0.15, 0.2) is 0 Å². The van der Waals surface area contributed by atoms with Gasteiger partial charge in [-0.15, -0.1) is 0 Å². The van der Waals surface area contributed by atoms with Crippen molar-refractivity contribution in [3.63, 3.8) is 0 Å². The van der Waals surface area contributed by atoms with Gasteiger partial charge < -0.3 is 14.7 Å². The number of aliphatic hydroxyl groups is 1. The van der Waals surface area contributed by atoms with E-state index in [0.29, 0.717) is 6.61 Å². The highest BCUT2D eigenvalue weighted by Gasteiger charge is 2.32. The summed E-state index contributed by atoms with van der Waals surface area (Å²) in [5, 5.41) is 8.87. The summed E-state index contributed by atoms with van der Waals surface area (Å²) in [7, 11) is 0. The first-order valence-corrected chi connectivity index (χ1v) is 4.33. The van der Waals surface area contributed by atoms with Crippen LogP contribution >= 0.6 is 0 Å². The zero-order valence-corrected chi connectivity index (χ0v) is 7.29. The second kappa shape index (κ2) is 4.77. The molecule has 1 saturated heterocycles. The minimum Gasteiger partial charge on any atom is -0.396 e. The van der Waals surface area contributed by atoms with Crippen LogP contribution in [0.25, 0.3) is 0 Å². The fraction of sp³-hybridized carbons (Fsp3) is 1.00. The van der Waals surface area contributed by atoms with Gasteiger partial charge in [-0.2, -0.15) is 0 Å². The van der Waals surface area contributed by atoms with Crippen molar-refractivity contribution < 1.29 is 14.7 Å². The Kier molecular flexibility index (Phi) is 3.94. The Morgan fingerprint density at radius 2 is 2.08 bits per heavy atom. The van der Waals surface area contributed by atoms with Gasteiger partial charge >= 0.3 is 0 Å². The molecule has 4 heteroatoms. The summed E-state index contributed by atoms with van der Waals surface area (Å²) in [4.78, 5) is 4.67. The molecule has 12 heavy (non-hydrogen) atoms. The number of hydrogen-bond donors (Lipinski definition) is 2. The summed E-state index contributed by atoms with van der Waals surface area (Å²) in [6, 6.07) is 0. The molecule has 0 bridgehead atoms. The fourth-order valence-electron chi connectivity index (χ4n) is 1.68. The minimum absolute atomic E-state index is 0.0573. The number of hydrogen-bond acceptors (Lipinski definition) is 4. The van der Waals surface area contributed by atoms with E-state index in [-0.39, 0.29) is 12.0 Å². The van der Waals surface area contributed by atoms with Crippen LogP contribution in [0.2, 0.25) is 0 Å². The van der Waals surface area contributed by atoms with Crippen LogP contribution < -0.4 is 5.90 Å². The molecule has 0 aromatic rings. The van der Waals surface area contributed by atoms with Gasteiger partial charge in [-0.05, 0) is 19.3 Å². The molecule has 1 aliphatic rings. The average molecular weight is 175 g/mol. The van der Waals surface area contributed by atoms with Crippen molar-refractivity contribution >= 4 is 0 Å². The molecule has 0 aliphatic carbocycles. The van der Waals surface area contributed by atoms with Gasteiger partial charge in [-0.25, -0.2) is 5.90 Å². The van der Waals surface area contributed by atoms with Crippen molar-refractivity contribution in [2.75, 3.05) is 26.4 Å². The van der Waals surface area contributed by atoms with Crippen LogP contribution in [0.4, 0.5) is 0 Å². The van der Waals surface area contributed by atoms with Gasteiger partial charge in [0, 0.05) is 25.2 Å². The van der Waals surface area contributed by atoms with E-state index in [9.17, 15) is 0 Å². The van der Waals surface area contributed by atoms with Crippen molar-refractivity contribution in [1.82, 2.24) is 0 Å². The average Bonchev–Trinajstić information content (AvgIpc) is 2.07. The summed E-state index contributed by atoms with van der Waals surface area (Å²) in [5.41, 5.74) is 0.0573. The Balaban J connectivity index is 2.44. The Bertz CT molecular complexity index is 108. The van der Waals surface area contributed by atoms with E-state index in [1.807, 2.05) is 0 Å². The SMILES string of the molecule is NOCC1(CCO)CCOCC1. The third-order valence-corrected chi connectivity index (χ3v) is 2.59. The van der Waals surface area contributed by atoms with Crippen LogP contribution in [0, 0.1) is 5.41 Å². The molecule has 0 saturated carbocycles. The van der Waals surface area contributed by atoms with Crippen molar-refractivity contribution in [2.24, 2.45) is 11.3 Å². The lowest BCUT2D eigenvalue weighted by atomic mass is 9.78. The number of nitrogens with two attached hydrogens (primary N) is 1. The zero-order chi connectivity index (χ0) is 8.86. The number of rotatable bonds is 4. The highest BCUT2D eigenvalue weighted by molar-refractivity contribution is 4.81. The molecule has 1 heterocycles. The second-order valence-corrected chi connectivity index (χ2v) is 3.40. The third kappa shape index (κ3) is 2.42. The molecule has 0 spiro atoms. The van der Waals surface area contributed by atoms with Crippen LogP contribution in [0.15, 0.2) is 0 Å². The van der Waals surface area contributed by atoms with E-state index < -0.39 is 0 Å². The first kappa shape index (κ1) is 9.92. The molecule has 72 valence electrons. The van der Waals surface area contributed by atoms with Crippen molar-refractivity contribution in [3.8, 4) is 0 Å². The van der Waals surface area contributed by atoms with E-state index in [4.69, 9.17) is 15.7 Å². The van der Waals surface area contributed by atoms with Crippen molar-refractivity contribution in [1.29, 1.82) is 0 Å². The maximum absolute atomic E-state index is 8.87. The quantitative estimate of drug-likeness (QED) is 0.593. The smallest absolute Gasteiger partial charge is 0.0738 e. The molecule has 0 atom stereocenters. The molecule has 0 aromatic carbocycles. The van der Waals surface area contributed by atoms with Crippen LogP contribution in [-0.2, 0) is 9.57 Å². The molecule has 4 nitrogen and oxygen atoms in total. The van der Waals surface area contributed by atoms with E-state index in [2.05, 4.69) is 4.84 Å². The highest BCUT2D eigenvalue weighted by Crippen LogP contribution is 2.33. The third-order valence-electron chi connectivity index (χ3n) is 2.59. The van der Waals surface area contributed by atoms with Crippen LogP contribution in [0.5, 0.6) is 0 Å². The van der Waals surface area contributed by atoms with Crippen LogP contribution in [0.1, 0.15) is 19.3 Å². The van der Waals surface area contributed by atoms with Gasteiger partial charge in [0.2, 0.25) is 0 Å². The van der Waals surface area contributed by atoms with Gasteiger partial charge in [0.05, 0.1) is 6.61 Å². The highest BCUT2D eigenvalue weighted by atomic mass is 16.6. The van der Waals surface area contributed by atoms with E-state index >= 15 is 0 Å². The Morgan fingerprint density at radius 3 is 2.58 bits per heavy atom. The van der Waals surface area contributed by atoms with Gasteiger partial charge in [0.25, 0.3) is 0 Å². The summed E-state index contributed by atoms with van der Waals surface area (Å²) < 4.78 is 5.24. The maximum atomic E-state index is 8.87. The molecular weight excluding hydrogens is 158 g/mol. The Labute approximate surface area is 72.6 Å². The molecule has 0 radical (unpaired) electrons. The van der Waals surface area contributed by atoms with Gasteiger partial charge in [-0.3, -0.25) is 0 Å². The number of aliphatic hydroxyl groups excluding tert-OH is 1. The molecular formula is C8H17NO3. The molecule has 0 aromatic heterocycles. The standard InChI is InChI=1S/C8H17NO3/c9-12-7-8(1-4-10)2-5-11-6-3-8/h10H,1-7,9H2. The van der Waals surface area contributed by atoms with Crippen molar-refractivity contribution in [2.45, 2.75) is 19.3 Å². The predicted molar refractivity (Wildman–Crippen MR) is 44.3 cm³/mol. The topological polar surface area (TPSA) is 64.7 Å². The minimum atomic E-state index is 0.0573. The Hall–Kier alpha value is -0.160. The van der Waals surface area contributed by atoms with Gasteiger partial charge in [0.1, 0.15) is 0 Å². The fourth-order valence-corrected chi connectivity index (χ4v) is 1.68. The molecule has 3 N–H and O–H groups in total. The van der Waals surface area contributed by atoms with Crippen LogP contribution in [-0.4, -0.2) is 31.5 Å². The summed E-state index contributed by atoms with van der Waals surface area (Å²) in [6.07, 6.45) is 2.63. The zero-order valence-electron chi connectivity index (χ0n) is 7.29. The lowest BCUT2D eigenvalue weighted by Crippen LogP contribution is -2.35. The summed E-state index contributed by atoms with van der Waals surface area (Å²) in [5.74, 6) is 5.05. The molecule has 1 aliphatic heterocycles. The molecule has 1 rings (SSSR count). The largest absolute Gasteiger partial charge is 0.396 e. The monoisotopic (exact) mass is 175 g/mol. The first-order valence-electron chi connectivity index (χ1n) is 4.33. The van der Waals surface area contributed by atoms with E-state index in [0.717, 1.165) is 32.5 Å². The molecule has 0 amide bonds. The predicted octanol–water partition coefficient (Wildman–Crippen LogP) is 0.0559. The molecule has 0 unspecified atom stereocenters. The molecule has 1 fully saturated rings. The van der Waals surface area contributed by atoms with Gasteiger partial charge in [-0.1, -0.05) is 0 Å². The second-order valence-electron chi connectivity index (χ2n) is 3.40. The van der Waals surface area contributed by atoms with E-state index in [1.54, 1.807) is 0 Å². The summed E-state index contributed by atoms with van der Waals surface area (Å²) >= 11 is 0. The van der Waals surface area contributed by atoms with Crippen molar-refractivity contribution in [3.05, 3.63) is 0 Å². The normalized spacial score (nSPS) is 22.5.